The zero-order valence-electron chi connectivity index (χ0n) is 4.37. The third-order valence-electron chi connectivity index (χ3n) is 0.570. The normalized spacial score (nSPS) is 23.4. The van der Waals surface area contributed by atoms with Gasteiger partial charge < -0.3 is 4.55 Å². The van der Waals surface area contributed by atoms with Gasteiger partial charge in [-0.2, -0.15) is 0 Å². The van der Waals surface area contributed by atoms with Crippen LogP contribution in [0.2, 0.25) is 0 Å². The maximum absolute atomic E-state index is 9.89. The SMILES string of the molecule is O=S([O-])OC1(S)N=NN=N1. The molecule has 10 heavy (non-hydrogen) atoms. The van der Waals surface area contributed by atoms with Crippen LogP contribution in [0.15, 0.2) is 20.7 Å². The number of hydrogen-bond donors (Lipinski definition) is 1. The monoisotopic (exact) mass is 181 g/mol. The van der Waals surface area contributed by atoms with Crippen LogP contribution in [0.3, 0.4) is 0 Å². The van der Waals surface area contributed by atoms with Gasteiger partial charge in [0.15, 0.2) is 0 Å². The third-order valence-corrected chi connectivity index (χ3v) is 1.33. The van der Waals surface area contributed by atoms with Crippen LogP contribution in [-0.2, 0) is 15.5 Å². The van der Waals surface area contributed by atoms with Crippen molar-refractivity contribution in [3.05, 3.63) is 0 Å². The average molecular weight is 181 g/mol. The number of thiol groups is 1. The summed E-state index contributed by atoms with van der Waals surface area (Å²) < 4.78 is 23.8. The predicted octanol–water partition coefficient (Wildman–Crippen LogP) is 0.171. The molecule has 0 aromatic rings. The Balaban J connectivity index is 2.62. The smallest absolute Gasteiger partial charge is 0.356 e. The lowest BCUT2D eigenvalue weighted by Gasteiger charge is -2.13. The highest BCUT2D eigenvalue weighted by atomic mass is 32.2. The molecular formula is CHN4O3S2-. The Morgan fingerprint density at radius 1 is 1.50 bits per heavy atom. The van der Waals surface area contributed by atoms with Crippen LogP contribution in [0, 0.1) is 0 Å². The second-order valence-electron chi connectivity index (χ2n) is 1.24. The van der Waals surface area contributed by atoms with Crippen LogP contribution in [0.25, 0.3) is 0 Å². The van der Waals surface area contributed by atoms with Crippen LogP contribution in [0.5, 0.6) is 0 Å². The maximum atomic E-state index is 9.89. The van der Waals surface area contributed by atoms with E-state index in [9.17, 15) is 8.76 Å². The van der Waals surface area contributed by atoms with E-state index in [4.69, 9.17) is 0 Å². The quantitative estimate of drug-likeness (QED) is 0.373. The molecule has 0 N–H and O–H groups in total. The number of hydrogen-bond acceptors (Lipinski definition) is 8. The van der Waals surface area contributed by atoms with Gasteiger partial charge in [0, 0.05) is 0 Å². The van der Waals surface area contributed by atoms with Crippen LogP contribution < -0.4 is 0 Å². The predicted molar refractivity (Wildman–Crippen MR) is 31.4 cm³/mol. The first-order valence-electron chi connectivity index (χ1n) is 1.97. The van der Waals surface area contributed by atoms with E-state index in [0.717, 1.165) is 0 Å². The van der Waals surface area contributed by atoms with Crippen LogP contribution in [-0.4, -0.2) is 13.9 Å². The van der Waals surface area contributed by atoms with Crippen LogP contribution in [0.1, 0.15) is 0 Å². The third kappa shape index (κ3) is 1.80. The molecule has 1 atom stereocenters. The van der Waals surface area contributed by atoms with Gasteiger partial charge in [-0.3, -0.25) is 0 Å². The molecule has 56 valence electrons. The molecule has 1 aliphatic rings. The van der Waals surface area contributed by atoms with Crippen molar-refractivity contribution in [3.8, 4) is 0 Å². The highest BCUT2D eigenvalue weighted by Gasteiger charge is 2.30. The van der Waals surface area contributed by atoms with E-state index in [2.05, 4.69) is 37.5 Å². The fraction of sp³-hybridized carbons (Fsp3) is 1.00. The molecule has 0 bridgehead atoms. The summed E-state index contributed by atoms with van der Waals surface area (Å²) in [5.41, 5.74) is 0. The lowest BCUT2D eigenvalue weighted by atomic mass is 11.1. The molecule has 9 heteroatoms. The molecule has 1 rings (SSSR count). The summed E-state index contributed by atoms with van der Waals surface area (Å²) in [7, 11) is 0. The molecular weight excluding hydrogens is 180 g/mol. The van der Waals surface area contributed by atoms with Gasteiger partial charge in [0.2, 0.25) is 0 Å². The number of rotatable bonds is 2. The first-order chi connectivity index (χ1) is 4.62. The standard InChI is InChI=1S/CH2N4O3S2/c6-10(7)8-1(9)2-4-5-3-1/h9H,(H,6,7)/p-1. The Morgan fingerprint density at radius 3 is 2.40 bits per heavy atom. The second kappa shape index (κ2) is 2.70. The summed E-state index contributed by atoms with van der Waals surface area (Å²) in [6.07, 6.45) is 0. The molecule has 0 saturated heterocycles. The Kier molecular flexibility index (Phi) is 2.08. The molecule has 1 heterocycles. The first kappa shape index (κ1) is 7.72. The topological polar surface area (TPSA) is 98.8 Å². The minimum Gasteiger partial charge on any atom is -0.750 e. The van der Waals surface area contributed by atoms with Gasteiger partial charge in [-0.05, 0) is 10.4 Å². The fourth-order valence-corrected chi connectivity index (χ4v) is 0.813. The second-order valence-corrected chi connectivity index (χ2v) is 2.40. The Hall–Kier alpha value is -0.380. The van der Waals surface area contributed by atoms with Crippen molar-refractivity contribution in [1.29, 1.82) is 0 Å². The molecule has 0 aliphatic carbocycles. The van der Waals surface area contributed by atoms with Crippen molar-refractivity contribution in [3.63, 3.8) is 0 Å². The molecule has 1 aliphatic heterocycles. The largest absolute Gasteiger partial charge is 0.750 e. The summed E-state index contributed by atoms with van der Waals surface area (Å²) >= 11 is 0.856. The Morgan fingerprint density at radius 2 is 2.00 bits per heavy atom. The fourth-order valence-electron chi connectivity index (χ4n) is 0.301. The minimum atomic E-state index is -2.73. The van der Waals surface area contributed by atoms with E-state index in [-0.39, 0.29) is 0 Å². The van der Waals surface area contributed by atoms with Crippen molar-refractivity contribution in [2.75, 3.05) is 0 Å². The van der Waals surface area contributed by atoms with E-state index in [0.29, 0.717) is 0 Å². The molecule has 0 radical (unpaired) electrons. The maximum Gasteiger partial charge on any atom is 0.356 e. The summed E-state index contributed by atoms with van der Waals surface area (Å²) in [4.78, 5) is 0. The lowest BCUT2D eigenvalue weighted by Crippen LogP contribution is -2.18. The van der Waals surface area contributed by atoms with Gasteiger partial charge in [0.25, 0.3) is 0 Å². The molecule has 0 amide bonds. The zero-order chi connectivity index (χ0) is 7.61. The summed E-state index contributed by atoms with van der Waals surface area (Å²) in [6, 6.07) is 0. The molecule has 1 unspecified atom stereocenters. The molecule has 7 nitrogen and oxygen atoms in total. The highest BCUT2D eigenvalue weighted by Crippen LogP contribution is 2.26. The minimum absolute atomic E-state index is 1.79. The van der Waals surface area contributed by atoms with Crippen molar-refractivity contribution in [2.45, 2.75) is 5.18 Å². The molecule has 0 spiro atoms. The van der Waals surface area contributed by atoms with Crippen molar-refractivity contribution in [1.82, 2.24) is 0 Å². The van der Waals surface area contributed by atoms with Gasteiger partial charge in [0.05, 0.1) is 11.4 Å². The first-order valence-corrected chi connectivity index (χ1v) is 3.42. The van der Waals surface area contributed by atoms with Crippen LogP contribution in [0.4, 0.5) is 0 Å². The number of nitrogens with zero attached hydrogens (tertiary/aromatic N) is 4. The average Bonchev–Trinajstić information content (AvgIpc) is 2.12. The molecule has 0 aromatic carbocycles. The molecule has 0 saturated carbocycles. The Bertz CT molecular complexity index is 201. The van der Waals surface area contributed by atoms with E-state index in [1.807, 2.05) is 0 Å². The van der Waals surface area contributed by atoms with Gasteiger partial charge in [-0.25, -0.2) is 8.39 Å². The summed E-state index contributed by atoms with van der Waals surface area (Å²) in [5.74, 6) is 0. The van der Waals surface area contributed by atoms with Crippen molar-refractivity contribution < 1.29 is 12.9 Å². The Labute approximate surface area is 63.5 Å². The van der Waals surface area contributed by atoms with Crippen molar-refractivity contribution in [2.24, 2.45) is 20.7 Å². The summed E-state index contributed by atoms with van der Waals surface area (Å²) in [6.45, 7) is 0. The molecule has 0 aromatic heterocycles. The van der Waals surface area contributed by atoms with Gasteiger partial charge in [0.1, 0.15) is 0 Å². The summed E-state index contributed by atoms with van der Waals surface area (Å²) in [5, 5.41) is 10.5. The van der Waals surface area contributed by atoms with Gasteiger partial charge in [-0.15, -0.1) is 0 Å². The lowest BCUT2D eigenvalue weighted by molar-refractivity contribution is 0.185. The van der Waals surface area contributed by atoms with Crippen LogP contribution >= 0.6 is 12.6 Å². The van der Waals surface area contributed by atoms with E-state index in [1.54, 1.807) is 0 Å². The van der Waals surface area contributed by atoms with Crippen molar-refractivity contribution >= 4 is 24.0 Å². The van der Waals surface area contributed by atoms with Gasteiger partial charge >= 0.3 is 5.18 Å². The molecule has 0 fully saturated rings. The zero-order valence-corrected chi connectivity index (χ0v) is 6.08. The highest BCUT2D eigenvalue weighted by molar-refractivity contribution is 7.82. The van der Waals surface area contributed by atoms with E-state index < -0.39 is 16.5 Å². The van der Waals surface area contributed by atoms with E-state index >= 15 is 0 Å². The van der Waals surface area contributed by atoms with E-state index in [1.165, 1.54) is 0 Å². The van der Waals surface area contributed by atoms with Gasteiger partial charge in [-0.1, -0.05) is 22.9 Å².